The third kappa shape index (κ3) is 3.93. The zero-order valence-electron chi connectivity index (χ0n) is 13.9. The molecule has 0 radical (unpaired) electrons. The van der Waals surface area contributed by atoms with Gasteiger partial charge in [-0.2, -0.15) is 5.11 Å². The number of benzene rings is 1. The molecule has 3 rings (SSSR count). The molecule has 2 aliphatic heterocycles. The average Bonchev–Trinajstić information content (AvgIpc) is 2.60. The minimum absolute atomic E-state index is 0.113. The van der Waals surface area contributed by atoms with E-state index < -0.39 is 10.0 Å². The minimum Gasteiger partial charge on any atom is -0.353 e. The molecule has 1 N–H and O–H groups in total. The van der Waals surface area contributed by atoms with Crippen molar-refractivity contribution in [2.45, 2.75) is 18.9 Å². The van der Waals surface area contributed by atoms with Crippen LogP contribution in [0.25, 0.3) is 0 Å². The van der Waals surface area contributed by atoms with Gasteiger partial charge in [0.25, 0.3) is 5.91 Å². The largest absolute Gasteiger partial charge is 0.353 e. The first-order chi connectivity index (χ1) is 11.9. The van der Waals surface area contributed by atoms with Crippen molar-refractivity contribution >= 4 is 21.8 Å². The second-order valence-corrected chi connectivity index (χ2v) is 8.29. The third-order valence-corrected chi connectivity index (χ3v) is 5.90. The number of sulfonamides is 1. The van der Waals surface area contributed by atoms with Crippen LogP contribution < -0.4 is 5.32 Å². The molecule has 0 aromatic heterocycles. The van der Waals surface area contributed by atoms with E-state index in [-0.39, 0.29) is 30.3 Å². The quantitative estimate of drug-likeness (QED) is 0.863. The molecular formula is C16H20N4O4S. The number of amides is 2. The summed E-state index contributed by atoms with van der Waals surface area (Å²) in [7, 11) is -3.20. The monoisotopic (exact) mass is 364 g/mol. The summed E-state index contributed by atoms with van der Waals surface area (Å²) < 4.78 is 24.4. The Hall–Kier alpha value is -2.13. The number of piperidine rings is 1. The molecule has 2 heterocycles. The minimum atomic E-state index is -3.20. The number of azo groups is 1. The van der Waals surface area contributed by atoms with E-state index in [0.29, 0.717) is 31.5 Å². The Labute approximate surface area is 146 Å². The molecule has 0 saturated carbocycles. The Bertz CT molecular complexity index is 813. The van der Waals surface area contributed by atoms with Crippen LogP contribution in [0.2, 0.25) is 0 Å². The number of hydrogen-bond donors (Lipinski definition) is 1. The van der Waals surface area contributed by atoms with Gasteiger partial charge >= 0.3 is 0 Å². The van der Waals surface area contributed by atoms with E-state index >= 15 is 0 Å². The SMILES string of the molecule is CS(=O)(=O)N1CCC(C(=O)NCC2N=NC(=O)c3ccccc32)CC1. The lowest BCUT2D eigenvalue weighted by Gasteiger charge is -2.29. The number of carbonyl (C=O) groups excluding carboxylic acids is 2. The highest BCUT2D eigenvalue weighted by Gasteiger charge is 2.30. The number of carbonyl (C=O) groups is 2. The predicted octanol–water partition coefficient (Wildman–Crippen LogP) is 1.12. The van der Waals surface area contributed by atoms with Gasteiger partial charge in [0.1, 0.15) is 6.04 Å². The zero-order valence-corrected chi connectivity index (χ0v) is 14.7. The van der Waals surface area contributed by atoms with Crippen LogP contribution in [0.15, 0.2) is 34.5 Å². The first-order valence-electron chi connectivity index (χ1n) is 8.13. The Kier molecular flexibility index (Phi) is 4.96. The molecule has 0 bridgehead atoms. The number of nitrogens with one attached hydrogen (secondary N) is 1. The summed E-state index contributed by atoms with van der Waals surface area (Å²) in [6.07, 6.45) is 2.18. The van der Waals surface area contributed by atoms with Gasteiger partial charge in [0.15, 0.2) is 0 Å². The Morgan fingerprint density at radius 3 is 2.64 bits per heavy atom. The van der Waals surface area contributed by atoms with Gasteiger partial charge in [-0.3, -0.25) is 9.59 Å². The van der Waals surface area contributed by atoms with Gasteiger partial charge in [0.2, 0.25) is 15.9 Å². The molecule has 1 aromatic carbocycles. The van der Waals surface area contributed by atoms with Crippen molar-refractivity contribution in [2.24, 2.45) is 16.1 Å². The van der Waals surface area contributed by atoms with E-state index in [0.717, 1.165) is 5.56 Å². The third-order valence-electron chi connectivity index (χ3n) is 4.60. The number of rotatable bonds is 4. The van der Waals surface area contributed by atoms with Gasteiger partial charge in [-0.05, 0) is 24.5 Å². The summed E-state index contributed by atoms with van der Waals surface area (Å²) in [4.78, 5) is 24.1. The van der Waals surface area contributed by atoms with Crippen LogP contribution in [0.5, 0.6) is 0 Å². The lowest BCUT2D eigenvalue weighted by atomic mass is 9.96. The molecule has 134 valence electrons. The van der Waals surface area contributed by atoms with Crippen molar-refractivity contribution in [2.75, 3.05) is 25.9 Å². The van der Waals surface area contributed by atoms with Gasteiger partial charge in [-0.1, -0.05) is 18.2 Å². The van der Waals surface area contributed by atoms with Gasteiger partial charge in [-0.15, -0.1) is 5.11 Å². The maximum atomic E-state index is 12.4. The highest BCUT2D eigenvalue weighted by atomic mass is 32.2. The standard InChI is InChI=1S/C16H20N4O4S/c1-25(23,24)20-8-6-11(7-9-20)15(21)17-10-14-12-4-2-3-5-13(12)16(22)19-18-14/h2-5,11,14H,6-10H2,1H3,(H,17,21). The number of nitrogens with zero attached hydrogens (tertiary/aromatic N) is 3. The molecule has 1 fully saturated rings. The number of hydrogen-bond acceptors (Lipinski definition) is 5. The highest BCUT2D eigenvalue weighted by molar-refractivity contribution is 7.88. The topological polar surface area (TPSA) is 108 Å². The Morgan fingerprint density at radius 2 is 1.96 bits per heavy atom. The van der Waals surface area contributed by atoms with Gasteiger partial charge in [-0.25, -0.2) is 12.7 Å². The van der Waals surface area contributed by atoms with Crippen molar-refractivity contribution in [1.29, 1.82) is 0 Å². The summed E-state index contributed by atoms with van der Waals surface area (Å²) in [5, 5.41) is 10.5. The molecule has 1 aromatic rings. The smallest absolute Gasteiger partial charge is 0.295 e. The second kappa shape index (κ2) is 7.01. The van der Waals surface area contributed by atoms with Crippen molar-refractivity contribution in [1.82, 2.24) is 9.62 Å². The Morgan fingerprint density at radius 1 is 1.28 bits per heavy atom. The molecule has 1 atom stereocenters. The van der Waals surface area contributed by atoms with Gasteiger partial charge in [0, 0.05) is 31.1 Å². The summed E-state index contributed by atoms with van der Waals surface area (Å²) in [5.74, 6) is -0.695. The van der Waals surface area contributed by atoms with Crippen molar-refractivity contribution in [3.63, 3.8) is 0 Å². The van der Waals surface area contributed by atoms with Crippen LogP contribution in [0, 0.1) is 5.92 Å². The first-order valence-corrected chi connectivity index (χ1v) is 9.98. The highest BCUT2D eigenvalue weighted by Crippen LogP contribution is 2.27. The van der Waals surface area contributed by atoms with Gasteiger partial charge in [0.05, 0.1) is 6.26 Å². The fourth-order valence-electron chi connectivity index (χ4n) is 3.16. The summed E-state index contributed by atoms with van der Waals surface area (Å²) in [6.45, 7) is 0.980. The van der Waals surface area contributed by atoms with Crippen LogP contribution in [0.4, 0.5) is 0 Å². The summed E-state index contributed by atoms with van der Waals surface area (Å²) >= 11 is 0. The molecule has 1 unspecified atom stereocenters. The van der Waals surface area contributed by atoms with Crippen molar-refractivity contribution < 1.29 is 18.0 Å². The molecule has 2 aliphatic rings. The maximum absolute atomic E-state index is 12.4. The molecule has 0 spiro atoms. The lowest BCUT2D eigenvalue weighted by molar-refractivity contribution is -0.126. The predicted molar refractivity (Wildman–Crippen MR) is 90.5 cm³/mol. The molecule has 9 heteroatoms. The second-order valence-electron chi connectivity index (χ2n) is 6.31. The van der Waals surface area contributed by atoms with Crippen molar-refractivity contribution in [3.05, 3.63) is 35.4 Å². The van der Waals surface area contributed by atoms with Gasteiger partial charge < -0.3 is 5.32 Å². The molecule has 1 saturated heterocycles. The maximum Gasteiger partial charge on any atom is 0.295 e. The van der Waals surface area contributed by atoms with E-state index in [1.165, 1.54) is 10.6 Å². The zero-order chi connectivity index (χ0) is 18.0. The summed E-state index contributed by atoms with van der Waals surface area (Å²) in [6, 6.07) is 6.72. The molecule has 0 aliphatic carbocycles. The fraction of sp³-hybridized carbons (Fsp3) is 0.500. The van der Waals surface area contributed by atoms with Crippen LogP contribution >= 0.6 is 0 Å². The molecule has 2 amide bonds. The van der Waals surface area contributed by atoms with E-state index in [1.807, 2.05) is 12.1 Å². The fourth-order valence-corrected chi connectivity index (χ4v) is 4.04. The lowest BCUT2D eigenvalue weighted by Crippen LogP contribution is -2.43. The Balaban J connectivity index is 1.57. The normalized spacial score (nSPS) is 21.8. The van der Waals surface area contributed by atoms with Crippen LogP contribution in [0.3, 0.4) is 0 Å². The van der Waals surface area contributed by atoms with Crippen LogP contribution in [0.1, 0.15) is 34.8 Å². The summed E-state index contributed by atoms with van der Waals surface area (Å²) in [5.41, 5.74) is 1.27. The van der Waals surface area contributed by atoms with Crippen LogP contribution in [-0.4, -0.2) is 50.4 Å². The van der Waals surface area contributed by atoms with E-state index in [2.05, 4.69) is 15.5 Å². The molecular weight excluding hydrogens is 344 g/mol. The average molecular weight is 364 g/mol. The molecule has 8 nitrogen and oxygen atoms in total. The van der Waals surface area contributed by atoms with Crippen LogP contribution in [-0.2, 0) is 14.8 Å². The number of fused-ring (bicyclic) bond motifs is 1. The van der Waals surface area contributed by atoms with E-state index in [1.54, 1.807) is 12.1 Å². The van der Waals surface area contributed by atoms with E-state index in [9.17, 15) is 18.0 Å². The molecule has 25 heavy (non-hydrogen) atoms. The first kappa shape index (κ1) is 17.7. The van der Waals surface area contributed by atoms with E-state index in [4.69, 9.17) is 0 Å². The van der Waals surface area contributed by atoms with Crippen molar-refractivity contribution in [3.8, 4) is 0 Å².